The molecule has 1 fully saturated rings. The highest BCUT2D eigenvalue weighted by atomic mass is 16.1. The number of carbonyl (C=O) groups is 2. The van der Waals surface area contributed by atoms with Crippen molar-refractivity contribution in [2.45, 2.75) is 110 Å². The minimum atomic E-state index is -0.0446. The van der Waals surface area contributed by atoms with E-state index in [9.17, 15) is 9.59 Å². The molecule has 2 heteroatoms. The van der Waals surface area contributed by atoms with Crippen LogP contribution < -0.4 is 0 Å². The normalized spacial score (nSPS) is 19.5. The van der Waals surface area contributed by atoms with Crippen molar-refractivity contribution >= 4 is 11.6 Å². The van der Waals surface area contributed by atoms with E-state index in [1.165, 1.54) is 82.6 Å². The van der Waals surface area contributed by atoms with Gasteiger partial charge in [0.25, 0.3) is 0 Å². The van der Waals surface area contributed by atoms with Gasteiger partial charge in [-0.15, -0.1) is 0 Å². The number of carbonyl (C=O) groups excluding carboxylic acids is 2. The van der Waals surface area contributed by atoms with Gasteiger partial charge in [0, 0.05) is 12.0 Å². The van der Waals surface area contributed by atoms with E-state index < -0.39 is 0 Å². The van der Waals surface area contributed by atoms with Crippen LogP contribution in [0.4, 0.5) is 0 Å². The fourth-order valence-electron chi connectivity index (χ4n) is 4.52. The molecule has 0 amide bonds. The van der Waals surface area contributed by atoms with Crippen LogP contribution in [0.15, 0.2) is 24.3 Å². The van der Waals surface area contributed by atoms with E-state index in [1.54, 1.807) is 0 Å². The van der Waals surface area contributed by atoms with Crippen LogP contribution in [-0.2, 0) is 4.79 Å². The Balaban J connectivity index is 1.67. The molecule has 2 rings (SSSR count). The minimum Gasteiger partial charge on any atom is -0.299 e. The number of benzene rings is 1. The maximum atomic E-state index is 12.1. The van der Waals surface area contributed by atoms with E-state index in [0.29, 0.717) is 17.9 Å². The summed E-state index contributed by atoms with van der Waals surface area (Å²) in [4.78, 5) is 23.6. The topological polar surface area (TPSA) is 34.1 Å². The summed E-state index contributed by atoms with van der Waals surface area (Å²) in [6, 6.07) is 8.08. The van der Waals surface area contributed by atoms with Gasteiger partial charge in [0.05, 0.1) is 6.42 Å². The molecular formula is C26H40O2. The van der Waals surface area contributed by atoms with Crippen LogP contribution in [0.5, 0.6) is 0 Å². The van der Waals surface area contributed by atoms with Crippen molar-refractivity contribution in [2.24, 2.45) is 5.92 Å². The van der Waals surface area contributed by atoms with Crippen molar-refractivity contribution in [3.8, 4) is 0 Å². The second kappa shape index (κ2) is 12.9. The Labute approximate surface area is 172 Å². The average Bonchev–Trinajstić information content (AvgIpc) is 2.73. The van der Waals surface area contributed by atoms with Gasteiger partial charge in [0.1, 0.15) is 5.78 Å². The third kappa shape index (κ3) is 7.89. The first kappa shape index (κ1) is 22.8. The molecule has 1 aliphatic rings. The maximum absolute atomic E-state index is 12.1. The zero-order chi connectivity index (χ0) is 20.2. The van der Waals surface area contributed by atoms with Crippen molar-refractivity contribution in [3.05, 3.63) is 35.4 Å². The quantitative estimate of drug-likeness (QED) is 0.199. The number of unbranched alkanes of at least 4 members (excludes halogenated alkanes) is 6. The summed E-state index contributed by atoms with van der Waals surface area (Å²) in [5, 5.41) is 0. The Kier molecular flexibility index (Phi) is 10.5. The Morgan fingerprint density at radius 2 is 1.43 bits per heavy atom. The first-order chi connectivity index (χ1) is 13.6. The van der Waals surface area contributed by atoms with E-state index in [1.807, 2.05) is 19.1 Å². The van der Waals surface area contributed by atoms with Gasteiger partial charge in [-0.2, -0.15) is 0 Å². The summed E-state index contributed by atoms with van der Waals surface area (Å²) in [6.45, 7) is 4.09. The Bertz CT molecular complexity index is 579. The Morgan fingerprint density at radius 1 is 0.821 bits per heavy atom. The standard InChI is InChI=1S/C26H40O2/c1-3-5-6-7-8-9-10-11-21-12-14-22(15-13-21)23-16-18-24(19-17-23)26(28)20-25(27)4-2/h16-19,21-22H,3-15,20H2,1-2H3. The molecular weight excluding hydrogens is 344 g/mol. The van der Waals surface area contributed by atoms with E-state index >= 15 is 0 Å². The van der Waals surface area contributed by atoms with Crippen LogP contribution in [-0.4, -0.2) is 11.6 Å². The van der Waals surface area contributed by atoms with Crippen molar-refractivity contribution in [1.29, 1.82) is 0 Å². The lowest BCUT2D eigenvalue weighted by atomic mass is 9.77. The average molecular weight is 385 g/mol. The summed E-state index contributed by atoms with van der Waals surface area (Å²) < 4.78 is 0. The van der Waals surface area contributed by atoms with E-state index in [2.05, 4.69) is 19.1 Å². The molecule has 0 bridgehead atoms. The molecule has 2 nitrogen and oxygen atoms in total. The molecule has 0 radical (unpaired) electrons. The highest BCUT2D eigenvalue weighted by Crippen LogP contribution is 2.37. The Hall–Kier alpha value is -1.44. The lowest BCUT2D eigenvalue weighted by molar-refractivity contribution is -0.117. The van der Waals surface area contributed by atoms with Crippen LogP contribution >= 0.6 is 0 Å². The van der Waals surface area contributed by atoms with Crippen LogP contribution in [0.25, 0.3) is 0 Å². The predicted molar refractivity (Wildman–Crippen MR) is 118 cm³/mol. The molecule has 0 spiro atoms. The molecule has 0 aliphatic heterocycles. The second-order valence-electron chi connectivity index (χ2n) is 8.74. The number of Topliss-reactive ketones (excluding diaryl/α,β-unsaturated/α-hetero) is 2. The van der Waals surface area contributed by atoms with E-state index in [-0.39, 0.29) is 18.0 Å². The fraction of sp³-hybridized carbons (Fsp3) is 0.692. The first-order valence-electron chi connectivity index (χ1n) is 11.8. The van der Waals surface area contributed by atoms with E-state index in [0.717, 1.165) is 5.92 Å². The summed E-state index contributed by atoms with van der Waals surface area (Å²) in [5.74, 6) is 1.55. The summed E-state index contributed by atoms with van der Waals surface area (Å²) in [6.07, 6.45) is 17.0. The maximum Gasteiger partial charge on any atom is 0.170 e. The molecule has 1 saturated carbocycles. The molecule has 1 aliphatic carbocycles. The SMILES string of the molecule is CCCCCCCCCC1CCC(c2ccc(C(=O)CC(=O)CC)cc2)CC1. The highest BCUT2D eigenvalue weighted by molar-refractivity contribution is 6.07. The molecule has 156 valence electrons. The van der Waals surface area contributed by atoms with Crippen LogP contribution in [0.2, 0.25) is 0 Å². The van der Waals surface area contributed by atoms with Crippen molar-refractivity contribution in [1.82, 2.24) is 0 Å². The molecule has 0 aromatic heterocycles. The third-order valence-electron chi connectivity index (χ3n) is 6.52. The number of rotatable bonds is 13. The lowest BCUT2D eigenvalue weighted by Gasteiger charge is -2.29. The van der Waals surface area contributed by atoms with Gasteiger partial charge in [-0.1, -0.05) is 89.5 Å². The molecule has 1 aromatic rings. The molecule has 1 aromatic carbocycles. The molecule has 0 unspecified atom stereocenters. The van der Waals surface area contributed by atoms with Gasteiger partial charge in [-0.25, -0.2) is 0 Å². The van der Waals surface area contributed by atoms with Crippen LogP contribution in [0, 0.1) is 5.92 Å². The van der Waals surface area contributed by atoms with E-state index in [4.69, 9.17) is 0 Å². The monoisotopic (exact) mass is 384 g/mol. The van der Waals surface area contributed by atoms with Gasteiger partial charge < -0.3 is 0 Å². The second-order valence-corrected chi connectivity index (χ2v) is 8.74. The van der Waals surface area contributed by atoms with Gasteiger partial charge in [-0.05, 0) is 43.1 Å². The Morgan fingerprint density at radius 3 is 2.04 bits per heavy atom. The third-order valence-corrected chi connectivity index (χ3v) is 6.52. The predicted octanol–water partition coefficient (Wildman–Crippen LogP) is 7.65. The van der Waals surface area contributed by atoms with Crippen LogP contribution in [0.1, 0.15) is 126 Å². The van der Waals surface area contributed by atoms with Gasteiger partial charge in [-0.3, -0.25) is 9.59 Å². The number of hydrogen-bond acceptors (Lipinski definition) is 2. The molecule has 0 saturated heterocycles. The fourth-order valence-corrected chi connectivity index (χ4v) is 4.52. The number of ketones is 2. The van der Waals surface area contributed by atoms with Crippen molar-refractivity contribution in [3.63, 3.8) is 0 Å². The van der Waals surface area contributed by atoms with Crippen LogP contribution in [0.3, 0.4) is 0 Å². The lowest BCUT2D eigenvalue weighted by Crippen LogP contribution is -2.13. The van der Waals surface area contributed by atoms with Gasteiger partial charge in [0.15, 0.2) is 5.78 Å². The molecule has 0 heterocycles. The first-order valence-corrected chi connectivity index (χ1v) is 11.8. The molecule has 0 atom stereocenters. The minimum absolute atomic E-state index is 0.0216. The smallest absolute Gasteiger partial charge is 0.170 e. The largest absolute Gasteiger partial charge is 0.299 e. The molecule has 28 heavy (non-hydrogen) atoms. The van der Waals surface area contributed by atoms with Crippen molar-refractivity contribution in [2.75, 3.05) is 0 Å². The zero-order valence-corrected chi connectivity index (χ0v) is 18.2. The van der Waals surface area contributed by atoms with Gasteiger partial charge >= 0.3 is 0 Å². The highest BCUT2D eigenvalue weighted by Gasteiger charge is 2.22. The summed E-state index contributed by atoms with van der Waals surface area (Å²) in [7, 11) is 0. The van der Waals surface area contributed by atoms with Crippen molar-refractivity contribution < 1.29 is 9.59 Å². The zero-order valence-electron chi connectivity index (χ0n) is 18.2. The summed E-state index contributed by atoms with van der Waals surface area (Å²) in [5.41, 5.74) is 2.05. The summed E-state index contributed by atoms with van der Waals surface area (Å²) >= 11 is 0. The van der Waals surface area contributed by atoms with Gasteiger partial charge in [0.2, 0.25) is 0 Å². The number of hydrogen-bond donors (Lipinski definition) is 0. The molecule has 0 N–H and O–H groups in total.